The molecule has 1 saturated heterocycles. The summed E-state index contributed by atoms with van der Waals surface area (Å²) in [6.45, 7) is 1.94. The lowest BCUT2D eigenvalue weighted by Crippen LogP contribution is -2.28. The number of methoxy groups -OCH3 is 1. The van der Waals surface area contributed by atoms with Crippen LogP contribution in [-0.2, 0) is 19.6 Å². The molecule has 0 spiro atoms. The summed E-state index contributed by atoms with van der Waals surface area (Å²) in [5.74, 6) is -0.631. The predicted molar refractivity (Wildman–Crippen MR) is 110 cm³/mol. The number of ether oxygens (including phenoxy) is 1. The Hall–Kier alpha value is -2.98. The number of carbonyl (C=O) groups is 2. The number of fused-ring (bicyclic) bond motifs is 1. The van der Waals surface area contributed by atoms with E-state index in [1.54, 1.807) is 0 Å². The molecule has 29 heavy (non-hydrogen) atoms. The summed E-state index contributed by atoms with van der Waals surface area (Å²) in [7, 11) is -2.73. The van der Waals surface area contributed by atoms with Gasteiger partial charge in [0.15, 0.2) is 5.13 Å². The second-order valence-corrected chi connectivity index (χ2v) is 9.24. The van der Waals surface area contributed by atoms with Gasteiger partial charge in [0.1, 0.15) is 10.6 Å². The van der Waals surface area contributed by atoms with Crippen molar-refractivity contribution in [2.24, 2.45) is 0 Å². The normalized spacial score (nSPS) is 14.6. The smallest absolute Gasteiger partial charge is 0.267 e. The number of nitrogens with one attached hydrogen (secondary N) is 1. The average Bonchev–Trinajstić information content (AvgIpc) is 3.22. The van der Waals surface area contributed by atoms with Gasteiger partial charge in [0.2, 0.25) is 11.8 Å². The van der Waals surface area contributed by atoms with Crippen LogP contribution < -0.4 is 14.4 Å². The van der Waals surface area contributed by atoms with Crippen LogP contribution in [0.1, 0.15) is 18.4 Å². The molecule has 1 aliphatic heterocycles. The summed E-state index contributed by atoms with van der Waals surface area (Å²) < 4.78 is 34.6. The van der Waals surface area contributed by atoms with E-state index in [0.717, 1.165) is 15.2 Å². The Morgan fingerprint density at radius 3 is 2.52 bits per heavy atom. The van der Waals surface area contributed by atoms with E-state index in [2.05, 4.69) is 9.71 Å². The highest BCUT2D eigenvalue weighted by atomic mass is 32.2. The third-order valence-corrected chi connectivity index (χ3v) is 6.94. The topological polar surface area (TPSA) is 106 Å². The Labute approximate surface area is 171 Å². The lowest BCUT2D eigenvalue weighted by atomic mass is 10.2. The number of amides is 2. The number of sulfonamides is 1. The molecule has 2 heterocycles. The van der Waals surface area contributed by atoms with E-state index in [0.29, 0.717) is 5.52 Å². The third kappa shape index (κ3) is 3.56. The number of aryl methyl sites for hydroxylation is 1. The molecule has 150 valence electrons. The number of hydrogen-bond donors (Lipinski definition) is 1. The zero-order valence-electron chi connectivity index (χ0n) is 15.6. The van der Waals surface area contributed by atoms with E-state index >= 15 is 0 Å². The Balaban J connectivity index is 1.73. The lowest BCUT2D eigenvalue weighted by molar-refractivity contribution is -0.121. The summed E-state index contributed by atoms with van der Waals surface area (Å²) in [5.41, 5.74) is 1.93. The second-order valence-electron chi connectivity index (χ2n) is 6.55. The largest absolute Gasteiger partial charge is 0.495 e. The van der Waals surface area contributed by atoms with Gasteiger partial charge in [0.05, 0.1) is 23.0 Å². The summed E-state index contributed by atoms with van der Waals surface area (Å²) in [6.07, 6.45) is 0.215. The van der Waals surface area contributed by atoms with Gasteiger partial charge in [-0.15, -0.1) is 0 Å². The minimum atomic E-state index is -4.08. The molecular formula is C19H17N3O5S2. The highest BCUT2D eigenvalue weighted by Crippen LogP contribution is 2.34. The Morgan fingerprint density at radius 2 is 1.83 bits per heavy atom. The van der Waals surface area contributed by atoms with Gasteiger partial charge in [0.25, 0.3) is 10.0 Å². The summed E-state index contributed by atoms with van der Waals surface area (Å²) in [4.78, 5) is 29.2. The summed E-state index contributed by atoms with van der Waals surface area (Å²) in [5, 5.41) is 0.214. The number of rotatable bonds is 5. The molecule has 1 N–H and O–H groups in total. The van der Waals surface area contributed by atoms with E-state index in [9.17, 15) is 18.0 Å². The molecule has 3 aromatic rings. The summed E-state index contributed by atoms with van der Waals surface area (Å²) in [6, 6.07) is 9.82. The molecule has 0 bridgehead atoms. The number of aromatic nitrogens is 1. The minimum Gasteiger partial charge on any atom is -0.495 e. The van der Waals surface area contributed by atoms with Crippen molar-refractivity contribution >= 4 is 54.2 Å². The van der Waals surface area contributed by atoms with Crippen LogP contribution in [0.3, 0.4) is 0 Å². The van der Waals surface area contributed by atoms with Gasteiger partial charge in [-0.05, 0) is 42.8 Å². The molecule has 0 saturated carbocycles. The fourth-order valence-corrected chi connectivity index (χ4v) is 5.51. The molecule has 1 aromatic heterocycles. The van der Waals surface area contributed by atoms with Gasteiger partial charge in [-0.2, -0.15) is 0 Å². The van der Waals surface area contributed by atoms with Crippen LogP contribution in [0.5, 0.6) is 5.75 Å². The van der Waals surface area contributed by atoms with Crippen LogP contribution in [-0.4, -0.2) is 32.3 Å². The molecule has 0 radical (unpaired) electrons. The first-order chi connectivity index (χ1) is 13.8. The maximum Gasteiger partial charge on any atom is 0.267 e. The Morgan fingerprint density at radius 1 is 1.10 bits per heavy atom. The number of nitrogens with zero attached hydrogens (tertiary/aromatic N) is 2. The van der Waals surface area contributed by atoms with Crippen molar-refractivity contribution in [2.75, 3.05) is 16.7 Å². The molecule has 8 nitrogen and oxygen atoms in total. The fourth-order valence-electron chi connectivity index (χ4n) is 3.12. The van der Waals surface area contributed by atoms with Crippen LogP contribution in [0.15, 0.2) is 41.3 Å². The first-order valence-electron chi connectivity index (χ1n) is 8.72. The molecule has 2 aromatic carbocycles. The Kier molecular flexibility index (Phi) is 4.75. The van der Waals surface area contributed by atoms with E-state index in [1.807, 2.05) is 25.1 Å². The maximum atomic E-state index is 13.0. The maximum absolute atomic E-state index is 13.0. The van der Waals surface area contributed by atoms with Crippen LogP contribution in [0, 0.1) is 6.92 Å². The van der Waals surface area contributed by atoms with E-state index < -0.39 is 10.0 Å². The van der Waals surface area contributed by atoms with Crippen LogP contribution >= 0.6 is 11.3 Å². The zero-order valence-corrected chi connectivity index (χ0v) is 17.3. The van der Waals surface area contributed by atoms with Crippen LogP contribution in [0.2, 0.25) is 0 Å². The standard InChI is InChI=1S/C19H17N3O5S2/c1-11-3-5-13-15(9-11)28-19(20-13)21-29(25,26)16-10-12(4-6-14(16)27-2)22-17(23)7-8-18(22)24/h3-6,9-10H,7-8H2,1-2H3,(H,20,21). The first kappa shape index (κ1) is 19.3. The summed E-state index contributed by atoms with van der Waals surface area (Å²) >= 11 is 1.22. The second kappa shape index (κ2) is 7.12. The van der Waals surface area contributed by atoms with Crippen molar-refractivity contribution in [2.45, 2.75) is 24.7 Å². The molecule has 1 fully saturated rings. The van der Waals surface area contributed by atoms with E-state index in [-0.39, 0.29) is 46.1 Å². The van der Waals surface area contributed by atoms with Crippen molar-refractivity contribution in [3.8, 4) is 5.75 Å². The fraction of sp³-hybridized carbons (Fsp3) is 0.211. The lowest BCUT2D eigenvalue weighted by Gasteiger charge is -2.17. The van der Waals surface area contributed by atoms with Crippen molar-refractivity contribution in [1.82, 2.24) is 4.98 Å². The van der Waals surface area contributed by atoms with Gasteiger partial charge in [-0.1, -0.05) is 17.4 Å². The Bertz CT molecular complexity index is 1230. The number of hydrogen-bond acceptors (Lipinski definition) is 7. The number of imide groups is 1. The molecule has 0 atom stereocenters. The predicted octanol–water partition coefficient (Wildman–Crippen LogP) is 3.07. The van der Waals surface area contributed by atoms with E-state index in [4.69, 9.17) is 4.74 Å². The quantitative estimate of drug-likeness (QED) is 0.623. The van der Waals surface area contributed by atoms with Gasteiger partial charge >= 0.3 is 0 Å². The average molecular weight is 431 g/mol. The van der Waals surface area contributed by atoms with Crippen molar-refractivity contribution in [1.29, 1.82) is 0 Å². The zero-order chi connectivity index (χ0) is 20.8. The number of benzene rings is 2. The van der Waals surface area contributed by atoms with Crippen molar-refractivity contribution < 1.29 is 22.7 Å². The minimum absolute atomic E-state index is 0.0947. The SMILES string of the molecule is COc1ccc(N2C(=O)CCC2=O)cc1S(=O)(=O)Nc1nc2ccc(C)cc2s1. The molecule has 4 rings (SSSR count). The van der Waals surface area contributed by atoms with Crippen LogP contribution in [0.4, 0.5) is 10.8 Å². The molecule has 0 aliphatic carbocycles. The van der Waals surface area contributed by atoms with Gasteiger partial charge < -0.3 is 4.74 Å². The number of carbonyl (C=O) groups excluding carboxylic acids is 2. The van der Waals surface area contributed by atoms with E-state index in [1.165, 1.54) is 36.6 Å². The molecule has 1 aliphatic rings. The first-order valence-corrected chi connectivity index (χ1v) is 11.0. The molecule has 10 heteroatoms. The monoisotopic (exact) mass is 431 g/mol. The highest BCUT2D eigenvalue weighted by molar-refractivity contribution is 7.93. The number of thiazole rings is 1. The highest BCUT2D eigenvalue weighted by Gasteiger charge is 2.32. The van der Waals surface area contributed by atoms with Gasteiger partial charge in [-0.3, -0.25) is 19.2 Å². The van der Waals surface area contributed by atoms with Crippen molar-refractivity contribution in [3.05, 3.63) is 42.0 Å². The molecule has 2 amide bonds. The van der Waals surface area contributed by atoms with Crippen LogP contribution in [0.25, 0.3) is 10.2 Å². The van der Waals surface area contributed by atoms with Gasteiger partial charge in [-0.25, -0.2) is 13.4 Å². The van der Waals surface area contributed by atoms with Gasteiger partial charge in [0, 0.05) is 12.8 Å². The van der Waals surface area contributed by atoms with Crippen molar-refractivity contribution in [3.63, 3.8) is 0 Å². The number of anilines is 2. The molecule has 0 unspecified atom stereocenters. The third-order valence-electron chi connectivity index (χ3n) is 4.51. The molecular weight excluding hydrogens is 414 g/mol.